The van der Waals surface area contributed by atoms with Crippen LogP contribution in [-0.2, 0) is 14.3 Å². The Hall–Kier alpha value is -0.750. The molecule has 0 aliphatic rings. The predicted molar refractivity (Wildman–Crippen MR) is 68.3 cm³/mol. The van der Waals surface area contributed by atoms with Crippen LogP contribution in [0.15, 0.2) is 0 Å². The summed E-state index contributed by atoms with van der Waals surface area (Å²) in [5.74, 6) is -0.984. The molecule has 0 rings (SSSR count). The summed E-state index contributed by atoms with van der Waals surface area (Å²) in [6, 6.07) is 0. The highest BCUT2D eigenvalue weighted by Crippen LogP contribution is 2.20. The first kappa shape index (κ1) is 16.2. The second-order valence-electron chi connectivity index (χ2n) is 3.65. The monoisotopic (exact) mass is 263 g/mol. The number of amides is 1. The van der Waals surface area contributed by atoms with Crippen molar-refractivity contribution in [1.82, 2.24) is 5.32 Å². The molecule has 2 atom stereocenters. The van der Waals surface area contributed by atoms with Crippen LogP contribution in [0.3, 0.4) is 0 Å². The second kappa shape index (κ2) is 9.30. The van der Waals surface area contributed by atoms with Crippen LogP contribution >= 0.6 is 11.8 Å². The summed E-state index contributed by atoms with van der Waals surface area (Å²) in [6.45, 7) is 4.69. The number of thioether (sulfide) groups is 1. The number of carboxylic acid groups (broad SMARTS) is 1. The zero-order valence-corrected chi connectivity index (χ0v) is 11.4. The number of rotatable bonds is 9. The van der Waals surface area contributed by atoms with Gasteiger partial charge in [0.25, 0.3) is 0 Å². The average Bonchev–Trinajstić information content (AvgIpc) is 2.30. The van der Waals surface area contributed by atoms with Crippen molar-refractivity contribution in [3.63, 3.8) is 0 Å². The third-order valence-electron chi connectivity index (χ3n) is 2.21. The van der Waals surface area contributed by atoms with Crippen LogP contribution < -0.4 is 5.32 Å². The third kappa shape index (κ3) is 7.23. The highest BCUT2D eigenvalue weighted by molar-refractivity contribution is 8.01. The minimum Gasteiger partial charge on any atom is -0.480 e. The summed E-state index contributed by atoms with van der Waals surface area (Å²) < 4.78 is 4.86. The van der Waals surface area contributed by atoms with Crippen molar-refractivity contribution in [3.05, 3.63) is 0 Å². The molecule has 17 heavy (non-hydrogen) atoms. The number of carbonyl (C=O) groups is 2. The molecule has 1 amide bonds. The molecule has 0 fully saturated rings. The summed E-state index contributed by atoms with van der Waals surface area (Å²) in [5, 5.41) is 10.8. The summed E-state index contributed by atoms with van der Waals surface area (Å²) in [7, 11) is 1.61. The van der Waals surface area contributed by atoms with Gasteiger partial charge >= 0.3 is 5.97 Å². The highest BCUT2D eigenvalue weighted by atomic mass is 32.2. The van der Waals surface area contributed by atoms with E-state index >= 15 is 0 Å². The normalized spacial score (nSPS) is 14.1. The Morgan fingerprint density at radius 3 is 2.59 bits per heavy atom. The van der Waals surface area contributed by atoms with E-state index in [2.05, 4.69) is 5.32 Å². The van der Waals surface area contributed by atoms with E-state index in [0.717, 1.165) is 6.42 Å². The second-order valence-corrected chi connectivity index (χ2v) is 5.20. The lowest BCUT2D eigenvalue weighted by molar-refractivity contribution is -0.136. The van der Waals surface area contributed by atoms with Gasteiger partial charge in [0.1, 0.15) is 5.25 Å². The minimum absolute atomic E-state index is 0.120. The summed E-state index contributed by atoms with van der Waals surface area (Å²) >= 11 is 1.18. The van der Waals surface area contributed by atoms with Crippen LogP contribution in [-0.4, -0.2) is 47.7 Å². The van der Waals surface area contributed by atoms with E-state index in [1.165, 1.54) is 11.8 Å². The Bertz CT molecular complexity index is 248. The van der Waals surface area contributed by atoms with Gasteiger partial charge in [-0.25, -0.2) is 0 Å². The van der Waals surface area contributed by atoms with E-state index in [0.29, 0.717) is 19.6 Å². The van der Waals surface area contributed by atoms with E-state index < -0.39 is 11.2 Å². The van der Waals surface area contributed by atoms with Gasteiger partial charge < -0.3 is 15.2 Å². The predicted octanol–water partition coefficient (Wildman–Crippen LogP) is 1.12. The maximum atomic E-state index is 11.6. The fourth-order valence-corrected chi connectivity index (χ4v) is 2.22. The molecule has 0 saturated heterocycles. The van der Waals surface area contributed by atoms with Gasteiger partial charge in [-0.2, -0.15) is 0 Å². The molecule has 0 radical (unpaired) electrons. The zero-order chi connectivity index (χ0) is 13.3. The van der Waals surface area contributed by atoms with Gasteiger partial charge in [0.15, 0.2) is 0 Å². The Balaban J connectivity index is 3.91. The lowest BCUT2D eigenvalue weighted by Gasteiger charge is -2.15. The van der Waals surface area contributed by atoms with E-state index in [-0.39, 0.29) is 11.2 Å². The molecule has 0 aliphatic carbocycles. The Labute approximate surface area is 106 Å². The van der Waals surface area contributed by atoms with Crippen molar-refractivity contribution in [2.45, 2.75) is 37.2 Å². The minimum atomic E-state index is -0.864. The fourth-order valence-electron chi connectivity index (χ4n) is 1.21. The van der Waals surface area contributed by atoms with Gasteiger partial charge in [-0.15, -0.1) is 11.8 Å². The summed E-state index contributed by atoms with van der Waals surface area (Å²) in [5.41, 5.74) is 0. The third-order valence-corrected chi connectivity index (χ3v) is 3.69. The molecule has 2 N–H and O–H groups in total. The fraction of sp³-hybridized carbons (Fsp3) is 0.818. The summed E-state index contributed by atoms with van der Waals surface area (Å²) in [6.07, 6.45) is 1.27. The average molecular weight is 263 g/mol. The van der Waals surface area contributed by atoms with Crippen molar-refractivity contribution in [2.75, 3.05) is 20.3 Å². The first-order chi connectivity index (χ1) is 8.02. The van der Waals surface area contributed by atoms with Gasteiger partial charge in [0.2, 0.25) is 5.91 Å². The molecule has 100 valence electrons. The van der Waals surface area contributed by atoms with E-state index in [4.69, 9.17) is 9.84 Å². The van der Waals surface area contributed by atoms with Crippen molar-refractivity contribution in [1.29, 1.82) is 0 Å². The summed E-state index contributed by atoms with van der Waals surface area (Å²) in [4.78, 5) is 22.4. The maximum Gasteiger partial charge on any atom is 0.316 e. The van der Waals surface area contributed by atoms with Crippen LogP contribution in [0, 0.1) is 0 Å². The number of aliphatic carboxylic acids is 1. The lowest BCUT2D eigenvalue weighted by atomic mass is 10.3. The molecular weight excluding hydrogens is 242 g/mol. The van der Waals surface area contributed by atoms with E-state index in [1.54, 1.807) is 21.0 Å². The smallest absolute Gasteiger partial charge is 0.316 e. The Kier molecular flexibility index (Phi) is 8.89. The molecule has 0 heterocycles. The first-order valence-electron chi connectivity index (χ1n) is 5.67. The van der Waals surface area contributed by atoms with Gasteiger partial charge in [0.05, 0.1) is 5.25 Å². The number of methoxy groups -OCH3 is 1. The number of ether oxygens (including phenoxy) is 1. The zero-order valence-electron chi connectivity index (χ0n) is 10.6. The number of carboxylic acids is 1. The quantitative estimate of drug-likeness (QED) is 0.610. The van der Waals surface area contributed by atoms with Gasteiger partial charge in [-0.05, 0) is 19.8 Å². The number of nitrogens with one attached hydrogen (secondary N) is 1. The van der Waals surface area contributed by atoms with Crippen LogP contribution in [0.2, 0.25) is 0 Å². The van der Waals surface area contributed by atoms with Crippen LogP contribution in [0.4, 0.5) is 0 Å². The molecule has 0 spiro atoms. The van der Waals surface area contributed by atoms with Crippen molar-refractivity contribution >= 4 is 23.6 Å². The van der Waals surface area contributed by atoms with Gasteiger partial charge in [-0.3, -0.25) is 9.59 Å². The molecule has 0 bridgehead atoms. The van der Waals surface area contributed by atoms with Crippen molar-refractivity contribution in [3.8, 4) is 0 Å². The molecular formula is C11H21NO4S. The van der Waals surface area contributed by atoms with Crippen LogP contribution in [0.1, 0.15) is 26.7 Å². The Morgan fingerprint density at radius 1 is 1.47 bits per heavy atom. The largest absolute Gasteiger partial charge is 0.480 e. The van der Waals surface area contributed by atoms with E-state index in [9.17, 15) is 9.59 Å². The molecule has 0 saturated carbocycles. The SMILES string of the molecule is CCC(SC(C)C(=O)NCCCOC)C(=O)O. The highest BCUT2D eigenvalue weighted by Gasteiger charge is 2.22. The number of carbonyl (C=O) groups excluding carboxylic acids is 1. The standard InChI is InChI=1S/C11H21NO4S/c1-4-9(11(14)15)17-8(2)10(13)12-6-5-7-16-3/h8-9H,4-7H2,1-3H3,(H,12,13)(H,14,15). The molecule has 5 nitrogen and oxygen atoms in total. The molecule has 6 heteroatoms. The molecule has 0 aromatic rings. The van der Waals surface area contributed by atoms with Gasteiger partial charge in [0, 0.05) is 20.3 Å². The molecule has 2 unspecified atom stereocenters. The molecule has 0 aromatic carbocycles. The lowest BCUT2D eigenvalue weighted by Crippen LogP contribution is -2.34. The topological polar surface area (TPSA) is 75.6 Å². The van der Waals surface area contributed by atoms with E-state index in [1.807, 2.05) is 0 Å². The Morgan fingerprint density at radius 2 is 2.12 bits per heavy atom. The van der Waals surface area contributed by atoms with Crippen LogP contribution in [0.5, 0.6) is 0 Å². The number of hydrogen-bond donors (Lipinski definition) is 2. The molecule has 0 aromatic heterocycles. The van der Waals surface area contributed by atoms with Crippen molar-refractivity contribution < 1.29 is 19.4 Å². The number of hydrogen-bond acceptors (Lipinski definition) is 4. The molecule has 0 aliphatic heterocycles. The van der Waals surface area contributed by atoms with Crippen LogP contribution in [0.25, 0.3) is 0 Å². The maximum absolute atomic E-state index is 11.6. The van der Waals surface area contributed by atoms with Crippen molar-refractivity contribution in [2.24, 2.45) is 0 Å². The first-order valence-corrected chi connectivity index (χ1v) is 6.62. The van der Waals surface area contributed by atoms with Gasteiger partial charge in [-0.1, -0.05) is 6.92 Å².